The highest BCUT2D eigenvalue weighted by atomic mass is 32.1. The van der Waals surface area contributed by atoms with Gasteiger partial charge in [0.05, 0.1) is 28.6 Å². The number of hydrogen-bond acceptors (Lipinski definition) is 5. The Hall–Kier alpha value is -2.32. The minimum absolute atomic E-state index is 0.00171. The largest absolute Gasteiger partial charge is 0.376 e. The number of thiazole rings is 1. The van der Waals surface area contributed by atoms with E-state index in [2.05, 4.69) is 10.1 Å². The number of carbonyl (C=O) groups is 1. The van der Waals surface area contributed by atoms with E-state index in [4.69, 9.17) is 4.74 Å². The molecule has 1 atom stereocenters. The molecule has 1 saturated heterocycles. The first-order chi connectivity index (χ1) is 13.0. The van der Waals surface area contributed by atoms with Crippen molar-refractivity contribution in [2.24, 2.45) is 0 Å². The molecule has 0 bridgehead atoms. The van der Waals surface area contributed by atoms with Crippen LogP contribution in [-0.4, -0.2) is 39.9 Å². The summed E-state index contributed by atoms with van der Waals surface area (Å²) in [4.78, 5) is 19.3. The standard InChI is InChI=1S/C19H21FN4O2S/c1-12-8-13(2)24(22-12)11-18(25)23(10-15-4-3-7-26-15)19-21-16-6-5-14(20)9-17(16)27-19/h5-6,8-9,15H,3-4,7,10-11H2,1-2H3. The Bertz CT molecular complexity index is 977. The number of amides is 1. The molecule has 8 heteroatoms. The Morgan fingerprint density at radius 1 is 1.41 bits per heavy atom. The number of nitrogens with zero attached hydrogens (tertiary/aromatic N) is 4. The molecule has 0 aliphatic carbocycles. The van der Waals surface area contributed by atoms with E-state index in [0.29, 0.717) is 17.2 Å². The zero-order chi connectivity index (χ0) is 19.0. The summed E-state index contributed by atoms with van der Waals surface area (Å²) in [6, 6.07) is 6.42. The van der Waals surface area contributed by atoms with E-state index < -0.39 is 0 Å². The fourth-order valence-corrected chi connectivity index (χ4v) is 4.35. The van der Waals surface area contributed by atoms with Gasteiger partial charge in [-0.1, -0.05) is 11.3 Å². The third-order valence-electron chi connectivity index (χ3n) is 4.67. The fraction of sp³-hybridized carbons (Fsp3) is 0.421. The molecule has 0 radical (unpaired) electrons. The third kappa shape index (κ3) is 3.86. The Morgan fingerprint density at radius 3 is 2.96 bits per heavy atom. The highest BCUT2D eigenvalue weighted by molar-refractivity contribution is 7.22. The lowest BCUT2D eigenvalue weighted by molar-refractivity contribution is -0.119. The molecule has 2 aromatic heterocycles. The van der Waals surface area contributed by atoms with Crippen molar-refractivity contribution in [2.45, 2.75) is 39.3 Å². The number of benzene rings is 1. The predicted octanol–water partition coefficient (Wildman–Crippen LogP) is 3.46. The molecule has 1 fully saturated rings. The predicted molar refractivity (Wildman–Crippen MR) is 103 cm³/mol. The maximum absolute atomic E-state index is 13.5. The summed E-state index contributed by atoms with van der Waals surface area (Å²) in [7, 11) is 0. The van der Waals surface area contributed by atoms with Gasteiger partial charge in [0.1, 0.15) is 12.4 Å². The second-order valence-corrected chi connectivity index (χ2v) is 7.84. The van der Waals surface area contributed by atoms with Crippen LogP contribution in [0.2, 0.25) is 0 Å². The van der Waals surface area contributed by atoms with E-state index in [0.717, 1.165) is 35.5 Å². The van der Waals surface area contributed by atoms with E-state index in [9.17, 15) is 9.18 Å². The molecule has 1 unspecified atom stereocenters. The number of anilines is 1. The molecule has 3 heterocycles. The number of hydrogen-bond donors (Lipinski definition) is 0. The van der Waals surface area contributed by atoms with Gasteiger partial charge in [-0.25, -0.2) is 9.37 Å². The average molecular weight is 388 g/mol. The lowest BCUT2D eigenvalue weighted by atomic mass is 10.2. The van der Waals surface area contributed by atoms with Crippen LogP contribution < -0.4 is 4.90 Å². The van der Waals surface area contributed by atoms with Crippen molar-refractivity contribution in [1.29, 1.82) is 0 Å². The van der Waals surface area contributed by atoms with Gasteiger partial charge in [-0.05, 0) is 51.0 Å². The van der Waals surface area contributed by atoms with Gasteiger partial charge < -0.3 is 4.74 Å². The minimum Gasteiger partial charge on any atom is -0.376 e. The van der Waals surface area contributed by atoms with E-state index in [-0.39, 0.29) is 24.4 Å². The van der Waals surface area contributed by atoms with Crippen molar-refractivity contribution < 1.29 is 13.9 Å². The van der Waals surface area contributed by atoms with Crippen molar-refractivity contribution in [3.8, 4) is 0 Å². The highest BCUT2D eigenvalue weighted by Gasteiger charge is 2.26. The zero-order valence-electron chi connectivity index (χ0n) is 15.3. The Kier molecular flexibility index (Phi) is 4.92. The van der Waals surface area contributed by atoms with Gasteiger partial charge in [0.25, 0.3) is 5.91 Å². The smallest absolute Gasteiger partial charge is 0.250 e. The normalized spacial score (nSPS) is 16.9. The number of rotatable bonds is 5. The third-order valence-corrected chi connectivity index (χ3v) is 5.71. The first kappa shape index (κ1) is 18.1. The quantitative estimate of drug-likeness (QED) is 0.672. The monoisotopic (exact) mass is 388 g/mol. The van der Waals surface area contributed by atoms with Crippen LogP contribution in [0.3, 0.4) is 0 Å². The van der Waals surface area contributed by atoms with Crippen molar-refractivity contribution in [1.82, 2.24) is 14.8 Å². The number of aryl methyl sites for hydroxylation is 2. The van der Waals surface area contributed by atoms with Gasteiger partial charge in [0.15, 0.2) is 5.13 Å². The maximum atomic E-state index is 13.5. The minimum atomic E-state index is -0.308. The molecular formula is C19H21FN4O2S. The first-order valence-corrected chi connectivity index (χ1v) is 9.80. The van der Waals surface area contributed by atoms with Gasteiger partial charge in [0, 0.05) is 12.3 Å². The maximum Gasteiger partial charge on any atom is 0.250 e. The molecule has 4 rings (SSSR count). The lowest BCUT2D eigenvalue weighted by Crippen LogP contribution is -2.39. The molecule has 0 saturated carbocycles. The summed E-state index contributed by atoms with van der Waals surface area (Å²) < 4.78 is 21.7. The van der Waals surface area contributed by atoms with Crippen LogP contribution in [0.15, 0.2) is 24.3 Å². The zero-order valence-corrected chi connectivity index (χ0v) is 16.1. The van der Waals surface area contributed by atoms with Gasteiger partial charge in [-0.2, -0.15) is 5.10 Å². The Morgan fingerprint density at radius 2 is 2.26 bits per heavy atom. The number of carbonyl (C=O) groups excluding carboxylic acids is 1. The summed E-state index contributed by atoms with van der Waals surface area (Å²) in [6.07, 6.45) is 1.91. The molecule has 3 aromatic rings. The van der Waals surface area contributed by atoms with Crippen LogP contribution in [0.5, 0.6) is 0 Å². The van der Waals surface area contributed by atoms with Crippen LogP contribution in [0.4, 0.5) is 9.52 Å². The van der Waals surface area contributed by atoms with Gasteiger partial charge in [-0.15, -0.1) is 0 Å². The van der Waals surface area contributed by atoms with Crippen LogP contribution in [-0.2, 0) is 16.1 Å². The van der Waals surface area contributed by atoms with Crippen LogP contribution in [0.25, 0.3) is 10.2 Å². The highest BCUT2D eigenvalue weighted by Crippen LogP contribution is 2.30. The van der Waals surface area contributed by atoms with E-state index in [1.165, 1.54) is 23.5 Å². The van der Waals surface area contributed by atoms with E-state index >= 15 is 0 Å². The summed E-state index contributed by atoms with van der Waals surface area (Å²) in [5.74, 6) is -0.409. The second-order valence-electron chi connectivity index (χ2n) is 6.83. The lowest BCUT2D eigenvalue weighted by Gasteiger charge is -2.23. The van der Waals surface area contributed by atoms with Crippen molar-refractivity contribution in [2.75, 3.05) is 18.1 Å². The second kappa shape index (κ2) is 7.36. The van der Waals surface area contributed by atoms with Crippen molar-refractivity contribution in [3.63, 3.8) is 0 Å². The van der Waals surface area contributed by atoms with Gasteiger partial charge in [-0.3, -0.25) is 14.4 Å². The van der Waals surface area contributed by atoms with Gasteiger partial charge in [0.2, 0.25) is 0 Å². The van der Waals surface area contributed by atoms with Crippen molar-refractivity contribution in [3.05, 3.63) is 41.5 Å². The molecule has 0 N–H and O–H groups in total. The fourth-order valence-electron chi connectivity index (χ4n) is 3.33. The summed E-state index contributed by atoms with van der Waals surface area (Å²) in [5, 5.41) is 4.95. The molecule has 27 heavy (non-hydrogen) atoms. The average Bonchev–Trinajstić information content (AvgIpc) is 3.33. The number of ether oxygens (including phenoxy) is 1. The van der Waals surface area contributed by atoms with Crippen LogP contribution in [0, 0.1) is 19.7 Å². The molecule has 1 amide bonds. The molecular weight excluding hydrogens is 367 g/mol. The molecule has 1 aliphatic heterocycles. The van der Waals surface area contributed by atoms with Crippen LogP contribution in [0.1, 0.15) is 24.2 Å². The number of halogens is 1. The van der Waals surface area contributed by atoms with E-state index in [1.807, 2.05) is 19.9 Å². The molecule has 6 nitrogen and oxygen atoms in total. The summed E-state index contributed by atoms with van der Waals surface area (Å²) in [5.41, 5.74) is 2.50. The first-order valence-electron chi connectivity index (χ1n) is 8.99. The van der Waals surface area contributed by atoms with Crippen LogP contribution >= 0.6 is 11.3 Å². The van der Waals surface area contributed by atoms with E-state index in [1.54, 1.807) is 15.6 Å². The Balaban J connectivity index is 1.64. The molecule has 1 aromatic carbocycles. The SMILES string of the molecule is Cc1cc(C)n(CC(=O)N(CC2CCCO2)c2nc3ccc(F)cc3s2)n1. The number of fused-ring (bicyclic) bond motifs is 1. The molecule has 1 aliphatic rings. The Labute approximate surface area is 160 Å². The molecule has 142 valence electrons. The van der Waals surface area contributed by atoms with Gasteiger partial charge >= 0.3 is 0 Å². The summed E-state index contributed by atoms with van der Waals surface area (Å²) >= 11 is 1.32. The van der Waals surface area contributed by atoms with Crippen molar-refractivity contribution >= 4 is 32.6 Å². The number of aromatic nitrogens is 3. The topological polar surface area (TPSA) is 60.2 Å². The summed E-state index contributed by atoms with van der Waals surface area (Å²) in [6.45, 7) is 5.13. The molecule has 0 spiro atoms.